The molecule has 0 radical (unpaired) electrons. The third kappa shape index (κ3) is 5.93. The predicted octanol–water partition coefficient (Wildman–Crippen LogP) is 4.62. The predicted molar refractivity (Wildman–Crippen MR) is 90.1 cm³/mol. The van der Waals surface area contributed by atoms with Crippen LogP contribution in [0, 0.1) is 13.8 Å². The number of amides is 1. The number of thioether (sulfide) groups is 1. The quantitative estimate of drug-likeness (QED) is 0.773. The first kappa shape index (κ1) is 16.3. The normalized spacial score (nSPS) is 10.6. The number of carbonyl (C=O) groups is 1. The summed E-state index contributed by atoms with van der Waals surface area (Å²) in [4.78, 5) is 12.7. The highest BCUT2D eigenvalue weighted by atomic mass is 32.2. The van der Waals surface area contributed by atoms with Gasteiger partial charge in [-0.25, -0.2) is 0 Å². The highest BCUT2D eigenvalue weighted by Crippen LogP contribution is 2.17. The van der Waals surface area contributed by atoms with Crippen LogP contribution in [0.4, 0.5) is 5.69 Å². The second kappa shape index (κ2) is 7.75. The summed E-state index contributed by atoms with van der Waals surface area (Å²) in [6, 6.07) is 5.90. The number of hydrogen-bond donors (Lipinski definition) is 1. The Balaban J connectivity index is 2.46. The van der Waals surface area contributed by atoms with E-state index in [0.29, 0.717) is 5.75 Å². The van der Waals surface area contributed by atoms with E-state index in [4.69, 9.17) is 0 Å². The van der Waals surface area contributed by atoms with Gasteiger partial charge in [-0.1, -0.05) is 30.9 Å². The van der Waals surface area contributed by atoms with Crippen molar-refractivity contribution in [3.05, 3.63) is 65.1 Å². The van der Waals surface area contributed by atoms with Crippen LogP contribution in [0.15, 0.2) is 54.0 Å². The second-order valence-electron chi connectivity index (χ2n) is 4.78. The Labute approximate surface area is 125 Å². The molecule has 0 aliphatic rings. The van der Waals surface area contributed by atoms with Gasteiger partial charge in [0, 0.05) is 10.6 Å². The maximum Gasteiger partial charge on any atom is 0.234 e. The van der Waals surface area contributed by atoms with Crippen molar-refractivity contribution in [2.45, 2.75) is 20.8 Å². The Morgan fingerprint density at radius 3 is 2.55 bits per heavy atom. The Morgan fingerprint density at radius 2 is 1.95 bits per heavy atom. The van der Waals surface area contributed by atoms with E-state index in [1.54, 1.807) is 0 Å². The van der Waals surface area contributed by atoms with E-state index in [9.17, 15) is 4.79 Å². The molecular weight excluding hydrogens is 266 g/mol. The van der Waals surface area contributed by atoms with Gasteiger partial charge in [-0.3, -0.25) is 4.79 Å². The van der Waals surface area contributed by atoms with Gasteiger partial charge in [-0.05, 0) is 50.1 Å². The maximum atomic E-state index is 11.8. The van der Waals surface area contributed by atoms with Crippen LogP contribution in [0.2, 0.25) is 0 Å². The zero-order valence-corrected chi connectivity index (χ0v) is 13.1. The maximum absolute atomic E-state index is 11.8. The molecule has 1 aromatic rings. The number of hydrogen-bond acceptors (Lipinski definition) is 2. The molecule has 3 heteroatoms. The highest BCUT2D eigenvalue weighted by molar-refractivity contribution is 8.03. The lowest BCUT2D eigenvalue weighted by atomic mass is 10.1. The van der Waals surface area contributed by atoms with Crippen molar-refractivity contribution >= 4 is 23.4 Å². The van der Waals surface area contributed by atoms with Crippen molar-refractivity contribution in [1.29, 1.82) is 0 Å². The van der Waals surface area contributed by atoms with Gasteiger partial charge in [0.25, 0.3) is 0 Å². The minimum atomic E-state index is -0.0249. The molecule has 0 saturated heterocycles. The lowest BCUT2D eigenvalue weighted by Gasteiger charge is -2.07. The van der Waals surface area contributed by atoms with Gasteiger partial charge in [-0.15, -0.1) is 11.8 Å². The fourth-order valence-electron chi connectivity index (χ4n) is 1.46. The molecule has 2 nitrogen and oxygen atoms in total. The molecule has 20 heavy (non-hydrogen) atoms. The molecular formula is C17H21NOS. The first-order valence-electron chi connectivity index (χ1n) is 6.41. The number of carbonyl (C=O) groups excluding carboxylic acids is 1. The Kier molecular flexibility index (Phi) is 6.32. The highest BCUT2D eigenvalue weighted by Gasteiger charge is 2.04. The number of allylic oxidation sites excluding steroid dienone is 3. The summed E-state index contributed by atoms with van der Waals surface area (Å²) < 4.78 is 0. The third-order valence-electron chi connectivity index (χ3n) is 2.73. The summed E-state index contributed by atoms with van der Waals surface area (Å²) in [6.07, 6.45) is 3.76. The molecule has 1 amide bonds. The van der Waals surface area contributed by atoms with E-state index in [0.717, 1.165) is 16.2 Å². The fraction of sp³-hybridized carbons (Fsp3) is 0.235. The monoisotopic (exact) mass is 287 g/mol. The molecule has 0 bridgehead atoms. The van der Waals surface area contributed by atoms with E-state index >= 15 is 0 Å². The summed E-state index contributed by atoms with van der Waals surface area (Å²) in [6.45, 7) is 13.7. The van der Waals surface area contributed by atoms with Gasteiger partial charge in [0.2, 0.25) is 5.91 Å². The Bertz CT molecular complexity index is 558. The summed E-state index contributed by atoms with van der Waals surface area (Å²) >= 11 is 1.42. The average Bonchev–Trinajstić information content (AvgIpc) is 2.38. The van der Waals surface area contributed by atoms with Crippen LogP contribution in [0.5, 0.6) is 0 Å². The van der Waals surface area contributed by atoms with Crippen molar-refractivity contribution in [1.82, 2.24) is 0 Å². The molecule has 0 aliphatic carbocycles. The average molecular weight is 287 g/mol. The van der Waals surface area contributed by atoms with Crippen molar-refractivity contribution in [3.8, 4) is 0 Å². The number of rotatable bonds is 6. The largest absolute Gasteiger partial charge is 0.325 e. The molecule has 1 aromatic carbocycles. The smallest absolute Gasteiger partial charge is 0.234 e. The molecule has 1 rings (SSSR count). The van der Waals surface area contributed by atoms with Crippen LogP contribution >= 0.6 is 11.8 Å². The zero-order chi connectivity index (χ0) is 15.1. The molecule has 0 saturated carbocycles. The number of anilines is 1. The van der Waals surface area contributed by atoms with Crippen LogP contribution in [0.1, 0.15) is 18.1 Å². The standard InChI is InChI=1S/C17H21NOS/c1-12(2)6-8-15(5)20-11-17(19)18-16-9-7-13(3)14(4)10-16/h6-10H,1,5,11H2,2-4H3,(H,18,19)/b8-6-. The van der Waals surface area contributed by atoms with Crippen LogP contribution in [0.25, 0.3) is 0 Å². The summed E-state index contributed by atoms with van der Waals surface area (Å²) in [5.74, 6) is 0.329. The van der Waals surface area contributed by atoms with E-state index < -0.39 is 0 Å². The van der Waals surface area contributed by atoms with Crippen molar-refractivity contribution < 1.29 is 4.79 Å². The number of nitrogens with one attached hydrogen (secondary N) is 1. The van der Waals surface area contributed by atoms with Crippen LogP contribution in [-0.2, 0) is 4.79 Å². The van der Waals surface area contributed by atoms with Crippen LogP contribution in [0.3, 0.4) is 0 Å². The van der Waals surface area contributed by atoms with Gasteiger partial charge in [0.1, 0.15) is 0 Å². The lowest BCUT2D eigenvalue weighted by Crippen LogP contribution is -2.14. The van der Waals surface area contributed by atoms with E-state index in [-0.39, 0.29) is 5.91 Å². The lowest BCUT2D eigenvalue weighted by molar-refractivity contribution is -0.113. The Morgan fingerprint density at radius 1 is 1.25 bits per heavy atom. The molecule has 0 aliphatic heterocycles. The van der Waals surface area contributed by atoms with Crippen LogP contribution in [-0.4, -0.2) is 11.7 Å². The van der Waals surface area contributed by atoms with Crippen molar-refractivity contribution in [2.24, 2.45) is 0 Å². The van der Waals surface area contributed by atoms with Crippen molar-refractivity contribution in [3.63, 3.8) is 0 Å². The number of benzene rings is 1. The van der Waals surface area contributed by atoms with E-state index in [2.05, 4.69) is 25.4 Å². The summed E-state index contributed by atoms with van der Waals surface area (Å²) in [5, 5.41) is 2.89. The van der Waals surface area contributed by atoms with Crippen LogP contribution < -0.4 is 5.32 Å². The van der Waals surface area contributed by atoms with Gasteiger partial charge in [-0.2, -0.15) is 0 Å². The molecule has 0 spiro atoms. The van der Waals surface area contributed by atoms with Gasteiger partial charge >= 0.3 is 0 Å². The summed E-state index contributed by atoms with van der Waals surface area (Å²) in [7, 11) is 0. The molecule has 1 N–H and O–H groups in total. The minimum absolute atomic E-state index is 0.0249. The number of aryl methyl sites for hydroxylation is 2. The molecule has 0 unspecified atom stereocenters. The van der Waals surface area contributed by atoms with Gasteiger partial charge in [0.15, 0.2) is 0 Å². The fourth-order valence-corrected chi connectivity index (χ4v) is 2.01. The SMILES string of the molecule is C=C(C)/C=C\C(=C)SCC(=O)Nc1ccc(C)c(C)c1. The second-order valence-corrected chi connectivity index (χ2v) is 5.88. The summed E-state index contributed by atoms with van der Waals surface area (Å²) in [5.41, 5.74) is 4.19. The topological polar surface area (TPSA) is 29.1 Å². The molecule has 0 aromatic heterocycles. The molecule has 0 fully saturated rings. The van der Waals surface area contributed by atoms with E-state index in [1.807, 2.05) is 44.2 Å². The first-order chi connectivity index (χ1) is 9.38. The van der Waals surface area contributed by atoms with Crippen molar-refractivity contribution in [2.75, 3.05) is 11.1 Å². The Hall–Kier alpha value is -1.74. The molecule has 0 heterocycles. The van der Waals surface area contributed by atoms with E-state index in [1.165, 1.54) is 22.9 Å². The first-order valence-corrected chi connectivity index (χ1v) is 7.39. The molecule has 0 atom stereocenters. The third-order valence-corrected chi connectivity index (χ3v) is 3.65. The van der Waals surface area contributed by atoms with Gasteiger partial charge in [0.05, 0.1) is 5.75 Å². The minimum Gasteiger partial charge on any atom is -0.325 e. The zero-order valence-electron chi connectivity index (χ0n) is 12.3. The molecule has 106 valence electrons. The van der Waals surface area contributed by atoms with Gasteiger partial charge < -0.3 is 5.32 Å².